The molecule has 0 bridgehead atoms. The highest BCUT2D eigenvalue weighted by molar-refractivity contribution is 7.13. The molecule has 3 aromatic heterocycles. The number of carbonyl (C=O) groups excluding carboxylic acids is 2. The van der Waals surface area contributed by atoms with E-state index >= 15 is 0 Å². The zero-order valence-electron chi connectivity index (χ0n) is 17.5. The van der Waals surface area contributed by atoms with Gasteiger partial charge in [0.2, 0.25) is 11.6 Å². The molecule has 0 unspecified atom stereocenters. The molecule has 0 aliphatic carbocycles. The zero-order chi connectivity index (χ0) is 24.1. The van der Waals surface area contributed by atoms with E-state index in [4.69, 9.17) is 20.9 Å². The van der Waals surface area contributed by atoms with Crippen LogP contribution in [-0.2, 0) is 4.79 Å². The molecule has 0 fully saturated rings. The summed E-state index contributed by atoms with van der Waals surface area (Å²) in [5, 5.41) is 21.0. The van der Waals surface area contributed by atoms with E-state index in [0.29, 0.717) is 27.6 Å². The van der Waals surface area contributed by atoms with Crippen molar-refractivity contribution in [1.29, 1.82) is 0 Å². The Morgan fingerprint density at radius 1 is 1.29 bits per heavy atom. The van der Waals surface area contributed by atoms with Crippen molar-refractivity contribution in [1.82, 2.24) is 30.7 Å². The van der Waals surface area contributed by atoms with Crippen LogP contribution in [0, 0.1) is 0 Å². The second-order valence-electron chi connectivity index (χ2n) is 6.51. The summed E-state index contributed by atoms with van der Waals surface area (Å²) in [7, 11) is 1.45. The van der Waals surface area contributed by atoms with Gasteiger partial charge in [-0.1, -0.05) is 11.3 Å². The van der Waals surface area contributed by atoms with E-state index in [0.717, 1.165) is 0 Å². The first-order chi connectivity index (χ1) is 16.5. The summed E-state index contributed by atoms with van der Waals surface area (Å²) in [6, 6.07) is 8.45. The van der Waals surface area contributed by atoms with E-state index in [-0.39, 0.29) is 23.9 Å². The number of hydrogen-bond acceptors (Lipinski definition) is 12. The number of nitrogens with one attached hydrogen (secondary N) is 1. The first-order valence-electron chi connectivity index (χ1n) is 9.48. The van der Waals surface area contributed by atoms with Crippen LogP contribution in [0.3, 0.4) is 0 Å². The molecule has 4 aromatic rings. The number of rotatable bonds is 9. The van der Waals surface area contributed by atoms with Gasteiger partial charge in [0.05, 0.1) is 18.2 Å². The summed E-state index contributed by atoms with van der Waals surface area (Å²) < 4.78 is 16.4. The van der Waals surface area contributed by atoms with E-state index in [1.54, 1.807) is 24.3 Å². The maximum absolute atomic E-state index is 12.8. The Balaban J connectivity index is 1.54. The van der Waals surface area contributed by atoms with Gasteiger partial charge in [0, 0.05) is 0 Å². The summed E-state index contributed by atoms with van der Waals surface area (Å²) in [5.74, 6) is -0.445. The van der Waals surface area contributed by atoms with Crippen molar-refractivity contribution in [2.45, 2.75) is 0 Å². The SMILES string of the molecule is COc1cc(C=NNC(=O)c2nnn(-c3nonc3N)c2-c2cccs2)ccc1OCC(N)=O. The number of nitrogens with zero attached hydrogens (tertiary/aromatic N) is 6. The van der Waals surface area contributed by atoms with Crippen molar-refractivity contribution in [3.63, 3.8) is 0 Å². The quantitative estimate of drug-likeness (QED) is 0.224. The van der Waals surface area contributed by atoms with E-state index in [2.05, 4.69) is 35.8 Å². The fourth-order valence-corrected chi connectivity index (χ4v) is 3.56. The number of thiophene rings is 1. The molecule has 1 aromatic carbocycles. The van der Waals surface area contributed by atoms with Gasteiger partial charge in [-0.05, 0) is 45.5 Å². The lowest BCUT2D eigenvalue weighted by Gasteiger charge is -2.09. The Bertz CT molecular complexity index is 1350. The van der Waals surface area contributed by atoms with Gasteiger partial charge in [-0.25, -0.2) is 10.1 Å². The molecule has 0 atom stereocenters. The molecule has 2 amide bonds. The second kappa shape index (κ2) is 9.78. The molecule has 15 heteroatoms. The summed E-state index contributed by atoms with van der Waals surface area (Å²) >= 11 is 1.37. The number of nitrogens with two attached hydrogens (primary N) is 2. The van der Waals surface area contributed by atoms with E-state index in [9.17, 15) is 9.59 Å². The van der Waals surface area contributed by atoms with Crippen LogP contribution < -0.4 is 26.4 Å². The molecule has 3 heterocycles. The molecule has 0 saturated heterocycles. The average Bonchev–Trinajstić information content (AvgIpc) is 3.58. The standard InChI is InChI=1S/C19H17N9O5S/c1-31-12-7-10(4-5-11(12)32-9-14(20)29)8-22-24-19(30)15-16(13-3-2-6-34-13)28(27-23-15)18-17(21)25-33-26-18/h2-8H,9H2,1H3,(H2,20,29)(H2,21,25)(H,24,30). The van der Waals surface area contributed by atoms with Gasteiger partial charge in [0.1, 0.15) is 5.69 Å². The first-order valence-corrected chi connectivity index (χ1v) is 10.4. The van der Waals surface area contributed by atoms with Crippen molar-refractivity contribution in [3.8, 4) is 27.9 Å². The molecular formula is C19H17N9O5S. The highest BCUT2D eigenvalue weighted by atomic mass is 32.1. The zero-order valence-corrected chi connectivity index (χ0v) is 18.4. The number of ether oxygens (including phenoxy) is 2. The molecule has 5 N–H and O–H groups in total. The average molecular weight is 483 g/mol. The van der Waals surface area contributed by atoms with Crippen LogP contribution in [0.2, 0.25) is 0 Å². The maximum Gasteiger partial charge on any atom is 0.294 e. The maximum atomic E-state index is 12.8. The Labute approximate surface area is 195 Å². The molecule has 0 radical (unpaired) electrons. The Hall–Kier alpha value is -4.79. The lowest BCUT2D eigenvalue weighted by Crippen LogP contribution is -2.20. The Morgan fingerprint density at radius 3 is 2.82 bits per heavy atom. The van der Waals surface area contributed by atoms with Crippen LogP contribution in [0.25, 0.3) is 16.4 Å². The van der Waals surface area contributed by atoms with Crippen molar-refractivity contribution >= 4 is 35.2 Å². The lowest BCUT2D eigenvalue weighted by atomic mass is 10.2. The van der Waals surface area contributed by atoms with E-state index in [1.165, 1.54) is 29.3 Å². The molecule has 0 aliphatic rings. The number of anilines is 1. The monoisotopic (exact) mass is 483 g/mol. The summed E-state index contributed by atoms with van der Waals surface area (Å²) in [6.45, 7) is -0.289. The van der Waals surface area contributed by atoms with Crippen molar-refractivity contribution in [2.75, 3.05) is 19.5 Å². The highest BCUT2D eigenvalue weighted by Crippen LogP contribution is 2.30. The predicted octanol–water partition coefficient (Wildman–Crippen LogP) is 0.598. The van der Waals surface area contributed by atoms with Crippen molar-refractivity contribution in [3.05, 3.63) is 47.0 Å². The molecule has 34 heavy (non-hydrogen) atoms. The minimum Gasteiger partial charge on any atom is -0.493 e. The van der Waals surface area contributed by atoms with Gasteiger partial charge < -0.3 is 20.9 Å². The molecule has 0 spiro atoms. The number of carbonyl (C=O) groups is 2. The van der Waals surface area contributed by atoms with Gasteiger partial charge in [-0.15, -0.1) is 16.4 Å². The first kappa shape index (κ1) is 22.4. The Kier molecular flexibility index (Phi) is 6.45. The van der Waals surface area contributed by atoms with Crippen LogP contribution in [0.5, 0.6) is 11.5 Å². The van der Waals surface area contributed by atoms with Crippen LogP contribution >= 0.6 is 11.3 Å². The highest BCUT2D eigenvalue weighted by Gasteiger charge is 2.25. The van der Waals surface area contributed by atoms with Gasteiger partial charge >= 0.3 is 0 Å². The van der Waals surface area contributed by atoms with Crippen LogP contribution in [0.1, 0.15) is 16.1 Å². The molecule has 0 aliphatic heterocycles. The summed E-state index contributed by atoms with van der Waals surface area (Å²) in [6.07, 6.45) is 1.40. The van der Waals surface area contributed by atoms with Crippen LogP contribution in [-0.4, -0.2) is 57.1 Å². The van der Waals surface area contributed by atoms with Crippen LogP contribution in [0.15, 0.2) is 45.4 Å². The third-order valence-electron chi connectivity index (χ3n) is 4.27. The fraction of sp³-hybridized carbons (Fsp3) is 0.105. The minimum atomic E-state index is -0.616. The predicted molar refractivity (Wildman–Crippen MR) is 120 cm³/mol. The van der Waals surface area contributed by atoms with Crippen molar-refractivity contribution < 1.29 is 23.7 Å². The largest absolute Gasteiger partial charge is 0.493 e. The normalized spacial score (nSPS) is 11.0. The molecule has 14 nitrogen and oxygen atoms in total. The van der Waals surface area contributed by atoms with E-state index < -0.39 is 11.8 Å². The summed E-state index contributed by atoms with van der Waals surface area (Å²) in [5.41, 5.74) is 14.2. The number of primary amides is 1. The number of amides is 2. The number of hydrazone groups is 1. The third kappa shape index (κ3) is 4.68. The number of methoxy groups -OCH3 is 1. The van der Waals surface area contributed by atoms with Gasteiger partial charge in [-0.2, -0.15) is 9.78 Å². The smallest absolute Gasteiger partial charge is 0.294 e. The van der Waals surface area contributed by atoms with Gasteiger partial charge in [-0.3, -0.25) is 9.59 Å². The molecular weight excluding hydrogens is 466 g/mol. The number of nitrogen functional groups attached to an aromatic ring is 1. The third-order valence-corrected chi connectivity index (χ3v) is 5.15. The lowest BCUT2D eigenvalue weighted by molar-refractivity contribution is -0.119. The van der Waals surface area contributed by atoms with Gasteiger partial charge in [0.25, 0.3) is 11.8 Å². The fourth-order valence-electron chi connectivity index (χ4n) is 2.81. The van der Waals surface area contributed by atoms with Gasteiger partial charge in [0.15, 0.2) is 23.8 Å². The van der Waals surface area contributed by atoms with E-state index in [1.807, 2.05) is 11.4 Å². The van der Waals surface area contributed by atoms with Crippen molar-refractivity contribution in [2.24, 2.45) is 10.8 Å². The molecule has 0 saturated carbocycles. The topological polar surface area (TPSA) is 199 Å². The molecule has 4 rings (SSSR count). The molecule has 174 valence electrons. The second-order valence-corrected chi connectivity index (χ2v) is 7.46. The number of hydrogen-bond donors (Lipinski definition) is 3. The minimum absolute atomic E-state index is 0.00483. The Morgan fingerprint density at radius 2 is 2.15 bits per heavy atom. The summed E-state index contributed by atoms with van der Waals surface area (Å²) in [4.78, 5) is 24.4. The number of aromatic nitrogens is 5. The number of benzene rings is 1. The van der Waals surface area contributed by atoms with Crippen LogP contribution in [0.4, 0.5) is 5.82 Å².